The molecule has 78 valence electrons. The number of benzene rings is 1. The van der Waals surface area contributed by atoms with Gasteiger partial charge in [-0.1, -0.05) is 22.0 Å². The monoisotopic (exact) mass is 266 g/mol. The zero-order valence-corrected chi connectivity index (χ0v) is 9.05. The lowest BCUT2D eigenvalue weighted by molar-refractivity contribution is -0.0503. The first-order chi connectivity index (χ1) is 6.67. The second-order valence-corrected chi connectivity index (χ2v) is 3.05. The molecule has 2 nitrogen and oxygen atoms in total. The van der Waals surface area contributed by atoms with Crippen molar-refractivity contribution in [3.8, 4) is 11.5 Å². The second kappa shape index (κ2) is 5.14. The number of ether oxygens (including phenoxy) is 2. The van der Waals surface area contributed by atoms with E-state index in [0.29, 0.717) is 16.6 Å². The topological polar surface area (TPSA) is 18.5 Å². The van der Waals surface area contributed by atoms with Crippen LogP contribution in [-0.2, 0) is 5.33 Å². The van der Waals surface area contributed by atoms with Gasteiger partial charge in [-0.05, 0) is 6.07 Å². The minimum Gasteiger partial charge on any atom is -0.497 e. The van der Waals surface area contributed by atoms with Crippen molar-refractivity contribution < 1.29 is 18.3 Å². The molecule has 14 heavy (non-hydrogen) atoms. The van der Waals surface area contributed by atoms with Crippen LogP contribution in [0, 0.1) is 0 Å². The second-order valence-electron chi connectivity index (χ2n) is 2.49. The normalized spacial score (nSPS) is 10.4. The molecule has 0 aromatic heterocycles. The molecule has 0 aliphatic carbocycles. The van der Waals surface area contributed by atoms with Gasteiger partial charge in [0.05, 0.1) is 7.11 Å². The average Bonchev–Trinajstić information content (AvgIpc) is 2.16. The van der Waals surface area contributed by atoms with E-state index in [1.807, 2.05) is 0 Å². The van der Waals surface area contributed by atoms with Gasteiger partial charge in [-0.3, -0.25) is 0 Å². The van der Waals surface area contributed by atoms with Crippen molar-refractivity contribution >= 4 is 15.9 Å². The zero-order chi connectivity index (χ0) is 10.6. The molecule has 0 atom stereocenters. The minimum atomic E-state index is -2.82. The molecule has 1 aromatic rings. The Balaban J connectivity index is 2.96. The fourth-order valence-corrected chi connectivity index (χ4v) is 1.44. The van der Waals surface area contributed by atoms with Crippen LogP contribution in [0.1, 0.15) is 5.56 Å². The number of rotatable bonds is 4. The molecule has 0 heterocycles. The molecule has 0 fully saturated rings. The molecule has 0 N–H and O–H groups in total. The molecule has 0 unspecified atom stereocenters. The molecule has 1 aromatic carbocycles. The predicted molar refractivity (Wildman–Crippen MR) is 52.3 cm³/mol. The fourth-order valence-electron chi connectivity index (χ4n) is 0.978. The van der Waals surface area contributed by atoms with E-state index in [0.717, 1.165) is 0 Å². The van der Waals surface area contributed by atoms with Gasteiger partial charge in [-0.15, -0.1) is 0 Å². The maximum atomic E-state index is 12.0. The molecule has 0 bridgehead atoms. The van der Waals surface area contributed by atoms with E-state index < -0.39 is 6.61 Å². The Hall–Kier alpha value is -0.840. The van der Waals surface area contributed by atoms with E-state index in [9.17, 15) is 8.78 Å². The number of hydrogen-bond donors (Lipinski definition) is 0. The summed E-state index contributed by atoms with van der Waals surface area (Å²) in [4.78, 5) is 0. The van der Waals surface area contributed by atoms with E-state index in [1.165, 1.54) is 13.2 Å². The third kappa shape index (κ3) is 2.83. The first-order valence-electron chi connectivity index (χ1n) is 3.85. The summed E-state index contributed by atoms with van der Waals surface area (Å²) in [6.45, 7) is -2.82. The molecular weight excluding hydrogens is 258 g/mol. The molecule has 1 rings (SSSR count). The number of hydrogen-bond acceptors (Lipinski definition) is 2. The smallest absolute Gasteiger partial charge is 0.387 e. The van der Waals surface area contributed by atoms with Crippen molar-refractivity contribution in [3.63, 3.8) is 0 Å². The van der Waals surface area contributed by atoms with E-state index in [4.69, 9.17) is 4.74 Å². The van der Waals surface area contributed by atoms with Crippen LogP contribution in [0.5, 0.6) is 11.5 Å². The summed E-state index contributed by atoms with van der Waals surface area (Å²) in [6.07, 6.45) is 0. The molecule has 5 heteroatoms. The largest absolute Gasteiger partial charge is 0.497 e. The Morgan fingerprint density at radius 1 is 1.43 bits per heavy atom. The predicted octanol–water partition coefficient (Wildman–Crippen LogP) is 3.19. The van der Waals surface area contributed by atoms with Crippen molar-refractivity contribution in [2.24, 2.45) is 0 Å². The van der Waals surface area contributed by atoms with Gasteiger partial charge >= 0.3 is 6.61 Å². The number of alkyl halides is 3. The van der Waals surface area contributed by atoms with Gasteiger partial charge in [0.15, 0.2) is 0 Å². The van der Waals surface area contributed by atoms with Crippen molar-refractivity contribution in [3.05, 3.63) is 23.8 Å². The third-order valence-corrected chi connectivity index (χ3v) is 2.24. The maximum Gasteiger partial charge on any atom is 0.387 e. The molecule has 0 saturated carbocycles. The summed E-state index contributed by atoms with van der Waals surface area (Å²) in [5.41, 5.74) is 0.658. The van der Waals surface area contributed by atoms with Crippen LogP contribution in [0.3, 0.4) is 0 Å². The van der Waals surface area contributed by atoms with Gasteiger partial charge < -0.3 is 9.47 Å². The van der Waals surface area contributed by atoms with E-state index in [1.54, 1.807) is 12.1 Å². The van der Waals surface area contributed by atoms with Gasteiger partial charge in [0.2, 0.25) is 0 Å². The van der Waals surface area contributed by atoms with Crippen LogP contribution in [0.4, 0.5) is 8.78 Å². The Bertz CT molecular complexity index is 305. The van der Waals surface area contributed by atoms with E-state index >= 15 is 0 Å². The lowest BCUT2D eigenvalue weighted by Gasteiger charge is -2.10. The highest BCUT2D eigenvalue weighted by atomic mass is 79.9. The number of methoxy groups -OCH3 is 1. The highest BCUT2D eigenvalue weighted by Gasteiger charge is 2.09. The highest BCUT2D eigenvalue weighted by Crippen LogP contribution is 2.27. The summed E-state index contributed by atoms with van der Waals surface area (Å²) in [5.74, 6) is 0.626. The van der Waals surface area contributed by atoms with Crippen LogP contribution in [0.15, 0.2) is 18.2 Å². The molecular formula is C9H9BrF2O2. The third-order valence-electron chi connectivity index (χ3n) is 1.63. The Labute approximate surface area is 89.0 Å². The lowest BCUT2D eigenvalue weighted by Crippen LogP contribution is -2.04. The van der Waals surface area contributed by atoms with Crippen molar-refractivity contribution in [1.29, 1.82) is 0 Å². The van der Waals surface area contributed by atoms with Crippen LogP contribution < -0.4 is 9.47 Å². The van der Waals surface area contributed by atoms with Crippen molar-refractivity contribution in [2.45, 2.75) is 11.9 Å². The van der Waals surface area contributed by atoms with Gasteiger partial charge in [0, 0.05) is 17.0 Å². The van der Waals surface area contributed by atoms with Crippen molar-refractivity contribution in [2.75, 3.05) is 7.11 Å². The van der Waals surface area contributed by atoms with E-state index in [-0.39, 0.29) is 5.75 Å². The summed E-state index contributed by atoms with van der Waals surface area (Å²) in [7, 11) is 1.47. The molecule has 0 aliphatic heterocycles. The van der Waals surface area contributed by atoms with E-state index in [2.05, 4.69) is 20.7 Å². The maximum absolute atomic E-state index is 12.0. The van der Waals surface area contributed by atoms with Crippen LogP contribution in [-0.4, -0.2) is 13.7 Å². The van der Waals surface area contributed by atoms with Gasteiger partial charge in [0.1, 0.15) is 11.5 Å². The quantitative estimate of drug-likeness (QED) is 0.780. The van der Waals surface area contributed by atoms with Crippen molar-refractivity contribution in [1.82, 2.24) is 0 Å². The molecule has 0 amide bonds. The number of halogens is 3. The van der Waals surface area contributed by atoms with Crippen LogP contribution in [0.2, 0.25) is 0 Å². The summed E-state index contributed by atoms with van der Waals surface area (Å²) in [6, 6.07) is 4.79. The van der Waals surface area contributed by atoms with Crippen LogP contribution >= 0.6 is 15.9 Å². The Morgan fingerprint density at radius 3 is 2.64 bits per heavy atom. The molecule has 0 spiro atoms. The summed E-state index contributed by atoms with van der Waals surface area (Å²) in [5, 5.41) is 0.457. The summed E-state index contributed by atoms with van der Waals surface area (Å²) >= 11 is 3.18. The zero-order valence-electron chi connectivity index (χ0n) is 7.47. The summed E-state index contributed by atoms with van der Waals surface area (Å²) < 4.78 is 33.2. The molecule has 0 aliphatic rings. The molecule has 0 radical (unpaired) electrons. The fraction of sp³-hybridized carbons (Fsp3) is 0.333. The first kappa shape index (κ1) is 11.2. The Kier molecular flexibility index (Phi) is 4.13. The first-order valence-corrected chi connectivity index (χ1v) is 4.97. The van der Waals surface area contributed by atoms with Gasteiger partial charge in [-0.2, -0.15) is 8.78 Å². The van der Waals surface area contributed by atoms with Crippen LogP contribution in [0.25, 0.3) is 0 Å². The highest BCUT2D eigenvalue weighted by molar-refractivity contribution is 9.08. The standard InChI is InChI=1S/C9H9BrF2O2/c1-13-7-3-2-6(5-10)8(4-7)14-9(11)12/h2-4,9H,5H2,1H3. The van der Waals surface area contributed by atoms with Gasteiger partial charge in [0.25, 0.3) is 0 Å². The average molecular weight is 267 g/mol. The molecule has 0 saturated heterocycles. The Morgan fingerprint density at radius 2 is 2.14 bits per heavy atom. The SMILES string of the molecule is COc1ccc(CBr)c(OC(F)F)c1. The lowest BCUT2D eigenvalue weighted by atomic mass is 10.2. The van der Waals surface area contributed by atoms with Gasteiger partial charge in [-0.25, -0.2) is 0 Å². The minimum absolute atomic E-state index is 0.135.